The van der Waals surface area contributed by atoms with Gasteiger partial charge in [0, 0.05) is 31.6 Å². The van der Waals surface area contributed by atoms with E-state index < -0.39 is 0 Å². The summed E-state index contributed by atoms with van der Waals surface area (Å²) >= 11 is 0. The molecule has 0 saturated heterocycles. The average Bonchev–Trinajstić information content (AvgIpc) is 3.21. The minimum atomic E-state index is -0.0177. The number of aromatic nitrogens is 4. The van der Waals surface area contributed by atoms with Gasteiger partial charge in [0.25, 0.3) is 0 Å². The fourth-order valence-electron chi connectivity index (χ4n) is 3.60. The van der Waals surface area contributed by atoms with Crippen LogP contribution in [0.3, 0.4) is 0 Å². The molecule has 0 bridgehead atoms. The molecule has 1 fully saturated rings. The van der Waals surface area contributed by atoms with Crippen molar-refractivity contribution in [2.24, 2.45) is 5.92 Å². The van der Waals surface area contributed by atoms with Gasteiger partial charge in [0.2, 0.25) is 11.8 Å². The average molecular weight is 370 g/mol. The molecule has 4 rings (SSSR count). The Morgan fingerprint density at radius 2 is 2.15 bits per heavy atom. The number of fused-ring (bicyclic) bond motifs is 1. The maximum Gasteiger partial charge on any atom is 0.226 e. The molecule has 27 heavy (non-hydrogen) atoms. The first-order valence-corrected chi connectivity index (χ1v) is 9.68. The van der Waals surface area contributed by atoms with E-state index >= 15 is 0 Å². The van der Waals surface area contributed by atoms with Crippen molar-refractivity contribution in [1.82, 2.24) is 29.8 Å². The van der Waals surface area contributed by atoms with Gasteiger partial charge in [0.15, 0.2) is 0 Å². The summed E-state index contributed by atoms with van der Waals surface area (Å²) in [4.78, 5) is 26.4. The molecule has 1 saturated carbocycles. The van der Waals surface area contributed by atoms with Crippen LogP contribution in [0, 0.1) is 12.8 Å². The minimum Gasteiger partial charge on any atom is -0.350 e. The van der Waals surface area contributed by atoms with Crippen LogP contribution in [0.1, 0.15) is 42.6 Å². The third-order valence-electron chi connectivity index (χ3n) is 5.41. The van der Waals surface area contributed by atoms with Crippen LogP contribution in [0.4, 0.5) is 0 Å². The standard InChI is InChI=1S/C19H26N6O2/c1-14-10-21-24(12-14)6-5-18(26)20-11-16-9-17-13-23(7-8-25(17)22-16)19(27)15-3-2-4-15/h9-10,12,15H,2-8,11,13H2,1H3,(H,20,26). The molecule has 0 atom stereocenters. The van der Waals surface area contributed by atoms with Crippen molar-refractivity contribution in [2.75, 3.05) is 6.54 Å². The predicted octanol–water partition coefficient (Wildman–Crippen LogP) is 1.24. The van der Waals surface area contributed by atoms with E-state index in [1.165, 1.54) is 6.42 Å². The van der Waals surface area contributed by atoms with Gasteiger partial charge >= 0.3 is 0 Å². The first kappa shape index (κ1) is 17.8. The fourth-order valence-corrected chi connectivity index (χ4v) is 3.60. The smallest absolute Gasteiger partial charge is 0.226 e. The summed E-state index contributed by atoms with van der Waals surface area (Å²) in [6.45, 7) is 5.02. The Hall–Kier alpha value is -2.64. The molecule has 144 valence electrons. The normalized spacial score (nSPS) is 16.7. The van der Waals surface area contributed by atoms with E-state index in [2.05, 4.69) is 15.5 Å². The first-order valence-electron chi connectivity index (χ1n) is 9.68. The lowest BCUT2D eigenvalue weighted by Crippen LogP contribution is -2.43. The van der Waals surface area contributed by atoms with Crippen LogP contribution < -0.4 is 5.32 Å². The molecule has 8 heteroatoms. The van der Waals surface area contributed by atoms with Crippen molar-refractivity contribution < 1.29 is 9.59 Å². The van der Waals surface area contributed by atoms with E-state index in [1.807, 2.05) is 28.8 Å². The topological polar surface area (TPSA) is 85.1 Å². The number of amides is 2. The summed E-state index contributed by atoms with van der Waals surface area (Å²) in [6.07, 6.45) is 7.33. The quantitative estimate of drug-likeness (QED) is 0.829. The molecule has 8 nitrogen and oxygen atoms in total. The second kappa shape index (κ2) is 7.54. The molecular weight excluding hydrogens is 344 g/mol. The van der Waals surface area contributed by atoms with Gasteiger partial charge in [-0.3, -0.25) is 19.0 Å². The van der Waals surface area contributed by atoms with Crippen molar-refractivity contribution >= 4 is 11.8 Å². The molecule has 0 unspecified atom stereocenters. The molecule has 1 N–H and O–H groups in total. The van der Waals surface area contributed by atoms with Crippen LogP contribution >= 0.6 is 0 Å². The summed E-state index contributed by atoms with van der Waals surface area (Å²) in [6, 6.07) is 2.00. The van der Waals surface area contributed by atoms with Crippen molar-refractivity contribution in [2.45, 2.75) is 58.8 Å². The van der Waals surface area contributed by atoms with Crippen LogP contribution in [0.15, 0.2) is 18.5 Å². The largest absolute Gasteiger partial charge is 0.350 e. The molecule has 1 aliphatic carbocycles. The van der Waals surface area contributed by atoms with Gasteiger partial charge < -0.3 is 10.2 Å². The molecule has 2 aliphatic rings. The predicted molar refractivity (Wildman–Crippen MR) is 98.4 cm³/mol. The molecule has 2 aromatic heterocycles. The third kappa shape index (κ3) is 4.04. The van der Waals surface area contributed by atoms with Crippen molar-refractivity contribution in [3.8, 4) is 0 Å². The Balaban J connectivity index is 1.26. The second-order valence-corrected chi connectivity index (χ2v) is 7.55. The zero-order chi connectivity index (χ0) is 18.8. The summed E-state index contributed by atoms with van der Waals surface area (Å²) in [5, 5.41) is 11.7. The molecule has 0 spiro atoms. The van der Waals surface area contributed by atoms with Crippen molar-refractivity contribution in [3.05, 3.63) is 35.4 Å². The van der Waals surface area contributed by atoms with E-state index in [4.69, 9.17) is 0 Å². The van der Waals surface area contributed by atoms with Gasteiger partial charge in [-0.2, -0.15) is 10.2 Å². The van der Waals surface area contributed by atoms with Crippen molar-refractivity contribution in [1.29, 1.82) is 0 Å². The lowest BCUT2D eigenvalue weighted by atomic mass is 9.84. The summed E-state index contributed by atoms with van der Waals surface area (Å²) < 4.78 is 3.73. The van der Waals surface area contributed by atoms with Gasteiger partial charge in [-0.05, 0) is 31.4 Å². The maximum absolute atomic E-state index is 12.4. The zero-order valence-electron chi connectivity index (χ0n) is 15.7. The summed E-state index contributed by atoms with van der Waals surface area (Å²) in [5.41, 5.74) is 2.97. The fraction of sp³-hybridized carbons (Fsp3) is 0.579. The number of nitrogens with zero attached hydrogens (tertiary/aromatic N) is 5. The Morgan fingerprint density at radius 1 is 1.30 bits per heavy atom. The van der Waals surface area contributed by atoms with Gasteiger partial charge in [-0.1, -0.05) is 6.42 Å². The van der Waals surface area contributed by atoms with Crippen LogP contribution in [0.25, 0.3) is 0 Å². The Labute approximate surface area is 158 Å². The highest BCUT2D eigenvalue weighted by atomic mass is 16.2. The molecular formula is C19H26N6O2. The van der Waals surface area contributed by atoms with Crippen LogP contribution in [0.2, 0.25) is 0 Å². The van der Waals surface area contributed by atoms with Crippen molar-refractivity contribution in [3.63, 3.8) is 0 Å². The molecule has 0 aromatic carbocycles. The lowest BCUT2D eigenvalue weighted by molar-refractivity contribution is -0.139. The number of hydrogen-bond donors (Lipinski definition) is 1. The number of nitrogens with one attached hydrogen (secondary N) is 1. The van der Waals surface area contributed by atoms with E-state index in [0.29, 0.717) is 26.1 Å². The number of hydrogen-bond acceptors (Lipinski definition) is 4. The van der Waals surface area contributed by atoms with E-state index in [-0.39, 0.29) is 17.7 Å². The zero-order valence-corrected chi connectivity index (χ0v) is 15.7. The maximum atomic E-state index is 12.4. The third-order valence-corrected chi connectivity index (χ3v) is 5.41. The molecule has 0 radical (unpaired) electrons. The first-order chi connectivity index (χ1) is 13.1. The SMILES string of the molecule is Cc1cnn(CCC(=O)NCc2cc3n(n2)CCN(C(=O)C2CCC2)C3)c1. The van der Waals surface area contributed by atoms with Gasteiger partial charge in [-0.25, -0.2) is 0 Å². The monoisotopic (exact) mass is 370 g/mol. The second-order valence-electron chi connectivity index (χ2n) is 7.55. The highest BCUT2D eigenvalue weighted by Crippen LogP contribution is 2.29. The highest BCUT2D eigenvalue weighted by molar-refractivity contribution is 5.79. The minimum absolute atomic E-state index is 0.0177. The summed E-state index contributed by atoms with van der Waals surface area (Å²) in [7, 11) is 0. The Bertz CT molecular complexity index is 835. The Kier molecular flexibility index (Phi) is 4.96. The van der Waals surface area contributed by atoms with Gasteiger partial charge in [-0.15, -0.1) is 0 Å². The number of carbonyl (C=O) groups excluding carboxylic acids is 2. The van der Waals surface area contributed by atoms with E-state index in [9.17, 15) is 9.59 Å². The van der Waals surface area contributed by atoms with Crippen LogP contribution in [-0.4, -0.2) is 42.8 Å². The molecule has 2 aromatic rings. The van der Waals surface area contributed by atoms with Crippen LogP contribution in [0.5, 0.6) is 0 Å². The number of aryl methyl sites for hydroxylation is 2. The van der Waals surface area contributed by atoms with Gasteiger partial charge in [0.1, 0.15) is 0 Å². The molecule has 3 heterocycles. The Morgan fingerprint density at radius 3 is 2.85 bits per heavy atom. The lowest BCUT2D eigenvalue weighted by Gasteiger charge is -2.34. The summed E-state index contributed by atoms with van der Waals surface area (Å²) in [5.74, 6) is 0.505. The van der Waals surface area contributed by atoms with E-state index in [0.717, 1.165) is 42.9 Å². The van der Waals surface area contributed by atoms with Gasteiger partial charge in [0.05, 0.1) is 37.2 Å². The molecule has 1 aliphatic heterocycles. The van der Waals surface area contributed by atoms with Crippen LogP contribution in [-0.2, 0) is 35.8 Å². The molecule has 2 amide bonds. The number of carbonyl (C=O) groups is 2. The van der Waals surface area contributed by atoms with E-state index in [1.54, 1.807) is 10.9 Å². The number of rotatable bonds is 6. The highest BCUT2D eigenvalue weighted by Gasteiger charge is 2.31.